The average molecular weight is 963 g/mol. The predicted octanol–water partition coefficient (Wildman–Crippen LogP) is -1.06. The van der Waals surface area contributed by atoms with Crippen molar-refractivity contribution in [2.24, 2.45) is 45.3 Å². The Balaban J connectivity index is 1.13. The quantitative estimate of drug-likeness (QED) is 0.0729. The van der Waals surface area contributed by atoms with E-state index in [1.165, 1.54) is 0 Å². The minimum Gasteiger partial charge on any atom is -0.394 e. The molecule has 0 radical (unpaired) electrons. The normalized spacial score (nSPS) is 52.3. The molecule has 4 saturated carbocycles. The second kappa shape index (κ2) is 19.8. The zero-order valence-corrected chi connectivity index (χ0v) is 40.2. The van der Waals surface area contributed by atoms with E-state index in [2.05, 4.69) is 41.2 Å². The van der Waals surface area contributed by atoms with Crippen molar-refractivity contribution >= 4 is 0 Å². The van der Waals surface area contributed by atoms with Crippen molar-refractivity contribution in [3.05, 3.63) is 12.2 Å². The van der Waals surface area contributed by atoms with E-state index >= 15 is 0 Å². The molecule has 4 aliphatic carbocycles. The van der Waals surface area contributed by atoms with E-state index in [0.29, 0.717) is 37.7 Å². The maximum absolute atomic E-state index is 12.7. The molecule has 0 aromatic rings. The van der Waals surface area contributed by atoms with E-state index in [-0.39, 0.29) is 40.9 Å². The van der Waals surface area contributed by atoms with Crippen molar-refractivity contribution in [3.8, 4) is 0 Å². The van der Waals surface area contributed by atoms with Gasteiger partial charge in [-0.1, -0.05) is 46.8 Å². The van der Waals surface area contributed by atoms with Crippen LogP contribution in [0.5, 0.6) is 0 Å². The number of hydrogen-bond acceptors (Lipinski definition) is 19. The lowest BCUT2D eigenvalue weighted by atomic mass is 9.35. The van der Waals surface area contributed by atoms with Crippen molar-refractivity contribution in [2.75, 3.05) is 19.8 Å². The summed E-state index contributed by atoms with van der Waals surface area (Å²) in [6, 6.07) is 0. The Kier molecular flexibility index (Phi) is 15.9. The van der Waals surface area contributed by atoms with Crippen molar-refractivity contribution in [2.45, 2.75) is 222 Å². The van der Waals surface area contributed by atoms with Crippen LogP contribution in [-0.4, -0.2) is 202 Å². The zero-order chi connectivity index (χ0) is 49.5. The Morgan fingerprint density at radius 3 is 1.73 bits per heavy atom. The summed E-state index contributed by atoms with van der Waals surface area (Å²) >= 11 is 0. The number of ether oxygens (including phenoxy) is 6. The molecule has 19 heteroatoms. The van der Waals surface area contributed by atoms with Crippen LogP contribution in [-0.2, 0) is 28.4 Å². The lowest BCUT2D eigenvalue weighted by Gasteiger charge is -2.71. The topological polar surface area (TPSA) is 318 Å². The molecule has 13 N–H and O–H groups in total. The summed E-state index contributed by atoms with van der Waals surface area (Å²) in [6.45, 7) is 16.8. The summed E-state index contributed by atoms with van der Waals surface area (Å²) < 4.78 is 37.1. The molecule has 388 valence electrons. The molecule has 3 aliphatic heterocycles. The summed E-state index contributed by atoms with van der Waals surface area (Å²) in [7, 11) is 0. The Morgan fingerprint density at radius 1 is 0.642 bits per heavy atom. The maximum atomic E-state index is 12.7. The molecule has 0 spiro atoms. The fourth-order valence-corrected chi connectivity index (χ4v) is 14.9. The second-order valence-corrected chi connectivity index (χ2v) is 23.0. The van der Waals surface area contributed by atoms with Gasteiger partial charge in [0.2, 0.25) is 0 Å². The highest BCUT2D eigenvalue weighted by Crippen LogP contribution is 2.76. The molecule has 3 saturated heterocycles. The third-order valence-electron chi connectivity index (χ3n) is 19.1. The van der Waals surface area contributed by atoms with Gasteiger partial charge in [-0.25, -0.2) is 0 Å². The minimum absolute atomic E-state index is 0.0563. The molecule has 0 bridgehead atoms. The SMILES string of the molecule is C=C(C)[C@H](O)CC[C@](C)(O[C@@H]1O[C@H](CO)[C@@H](O)[C@H](O)[C@H]1O)[C@H]1CC[C@]2(C)[C@@H]1[C@H](O)C[C@@H]1[C@@]3(C)CC[C@H](O[C@@H]4O[C@H](CO)[C@@H](O)[C@H](O)[C@H]4O[C@@H]4O[C@H](CO)[C@@H](O)[C@H](O)[C@H]4O)C(C)(C)[C@@H]3CC[C@]12C. The Hall–Kier alpha value is -1.02. The molecule has 0 amide bonds. The first-order valence-electron chi connectivity index (χ1n) is 24.5. The highest BCUT2D eigenvalue weighted by Gasteiger charge is 2.72. The third kappa shape index (κ3) is 9.03. The monoisotopic (exact) mass is 963 g/mol. The summed E-state index contributed by atoms with van der Waals surface area (Å²) in [5, 5.41) is 140. The standard InChI is InChI=1S/C48H82O19/c1-21(2)23(52)10-16-48(8,67-42-39(61)36(58)33(55)26(19-50)63-42)22-9-14-47(7)31(22)24(53)17-29-45(5)13-12-30(44(3,4)28(45)11-15-46(29,47)6)65-43-40(37(59)34(56)27(20-51)64-43)66-41-38(60)35(57)32(54)25(18-49)62-41/h22-43,49-61H,1,9-20H2,2-8H3/t22-,23+,24+,25+,26+,27+,28-,29+,30-,31-,32+,33+,34+,35-,36-,37-,38+,39+,40+,41-,42-,43-,45-,46+,47+,48-/m0/s1. The van der Waals surface area contributed by atoms with Gasteiger partial charge in [0, 0.05) is 0 Å². The van der Waals surface area contributed by atoms with Crippen molar-refractivity contribution < 1.29 is 94.8 Å². The van der Waals surface area contributed by atoms with Gasteiger partial charge >= 0.3 is 0 Å². The van der Waals surface area contributed by atoms with Crippen molar-refractivity contribution in [1.82, 2.24) is 0 Å². The van der Waals surface area contributed by atoms with E-state index in [1.807, 2.05) is 6.92 Å². The molecule has 3 heterocycles. The molecule has 7 aliphatic rings. The van der Waals surface area contributed by atoms with Crippen LogP contribution >= 0.6 is 0 Å². The molecule has 26 atom stereocenters. The molecule has 0 unspecified atom stereocenters. The van der Waals surface area contributed by atoms with Gasteiger partial charge in [-0.2, -0.15) is 0 Å². The zero-order valence-electron chi connectivity index (χ0n) is 40.2. The van der Waals surface area contributed by atoms with E-state index in [0.717, 1.165) is 19.3 Å². The Bertz CT molecular complexity index is 1700. The van der Waals surface area contributed by atoms with Gasteiger partial charge < -0.3 is 94.8 Å². The first-order valence-corrected chi connectivity index (χ1v) is 24.5. The van der Waals surface area contributed by atoms with Gasteiger partial charge in [0.25, 0.3) is 0 Å². The van der Waals surface area contributed by atoms with E-state index in [1.54, 1.807) is 6.92 Å². The molecule has 0 aromatic carbocycles. The van der Waals surface area contributed by atoms with Crippen LogP contribution in [0.3, 0.4) is 0 Å². The number of fused-ring (bicyclic) bond motifs is 5. The molecule has 7 rings (SSSR count). The molecule has 19 nitrogen and oxygen atoms in total. The van der Waals surface area contributed by atoms with Crippen LogP contribution in [0.2, 0.25) is 0 Å². The fourth-order valence-electron chi connectivity index (χ4n) is 14.9. The first-order chi connectivity index (χ1) is 31.3. The van der Waals surface area contributed by atoms with Crippen LogP contribution in [0, 0.1) is 45.3 Å². The second-order valence-electron chi connectivity index (χ2n) is 23.0. The van der Waals surface area contributed by atoms with Crippen molar-refractivity contribution in [3.63, 3.8) is 0 Å². The number of rotatable bonds is 14. The van der Waals surface area contributed by atoms with Gasteiger partial charge in [-0.15, -0.1) is 0 Å². The maximum Gasteiger partial charge on any atom is 0.187 e. The lowest BCUT2D eigenvalue weighted by Crippen LogP contribution is -2.68. The lowest BCUT2D eigenvalue weighted by molar-refractivity contribution is -0.378. The van der Waals surface area contributed by atoms with E-state index < -0.39 is 147 Å². The van der Waals surface area contributed by atoms with E-state index in [4.69, 9.17) is 28.4 Å². The minimum atomic E-state index is -1.80. The van der Waals surface area contributed by atoms with Crippen LogP contribution in [0.4, 0.5) is 0 Å². The predicted molar refractivity (Wildman–Crippen MR) is 235 cm³/mol. The summed E-state index contributed by atoms with van der Waals surface area (Å²) in [5.74, 6) is -0.446. The highest BCUT2D eigenvalue weighted by atomic mass is 16.8. The molecular weight excluding hydrogens is 881 g/mol. The van der Waals surface area contributed by atoms with E-state index in [9.17, 15) is 66.4 Å². The van der Waals surface area contributed by atoms with Crippen molar-refractivity contribution in [1.29, 1.82) is 0 Å². The largest absolute Gasteiger partial charge is 0.394 e. The first kappa shape index (κ1) is 53.8. The van der Waals surface area contributed by atoms with Crippen LogP contribution in [0.1, 0.15) is 106 Å². The van der Waals surface area contributed by atoms with Gasteiger partial charge in [0.15, 0.2) is 18.9 Å². The Labute approximate surface area is 393 Å². The molecule has 0 aromatic heterocycles. The number of aliphatic hydroxyl groups excluding tert-OH is 13. The van der Waals surface area contributed by atoms with Crippen LogP contribution in [0.25, 0.3) is 0 Å². The van der Waals surface area contributed by atoms with Crippen LogP contribution < -0.4 is 0 Å². The number of hydrogen-bond donors (Lipinski definition) is 13. The molecule has 67 heavy (non-hydrogen) atoms. The van der Waals surface area contributed by atoms with Crippen LogP contribution in [0.15, 0.2) is 12.2 Å². The Morgan fingerprint density at radius 2 is 1.16 bits per heavy atom. The molecular formula is C48H82O19. The van der Waals surface area contributed by atoms with Gasteiger partial charge in [0.1, 0.15) is 73.2 Å². The summed E-state index contributed by atoms with van der Waals surface area (Å²) in [6.07, 6.45) is -19.9. The fraction of sp³-hybridized carbons (Fsp3) is 0.958. The van der Waals surface area contributed by atoms with Gasteiger partial charge in [-0.3, -0.25) is 0 Å². The summed E-state index contributed by atoms with van der Waals surface area (Å²) in [5.41, 5.74) is -2.06. The van der Waals surface area contributed by atoms with Gasteiger partial charge in [-0.05, 0) is 117 Å². The van der Waals surface area contributed by atoms with Gasteiger partial charge in [0.05, 0.1) is 43.7 Å². The smallest absolute Gasteiger partial charge is 0.187 e. The number of aliphatic hydroxyl groups is 13. The summed E-state index contributed by atoms with van der Waals surface area (Å²) in [4.78, 5) is 0. The average Bonchev–Trinajstić information content (AvgIpc) is 3.67. The third-order valence-corrected chi connectivity index (χ3v) is 19.1. The highest BCUT2D eigenvalue weighted by molar-refractivity contribution is 5.20. The molecule has 7 fully saturated rings.